The molecule has 0 spiro atoms. The van der Waals surface area contributed by atoms with E-state index in [1.807, 2.05) is 12.3 Å². The van der Waals surface area contributed by atoms with Crippen LogP contribution in [0.15, 0.2) is 18.3 Å². The van der Waals surface area contributed by atoms with Crippen LogP contribution < -0.4 is 10.6 Å². The molecule has 1 aromatic rings. The van der Waals surface area contributed by atoms with Gasteiger partial charge in [0.15, 0.2) is 0 Å². The molecule has 19 heavy (non-hydrogen) atoms. The Hall–Kier alpha value is -1.13. The molecule has 1 aromatic heterocycles. The lowest BCUT2D eigenvalue weighted by Gasteiger charge is -2.40. The number of rotatable bonds is 4. The number of nitrogens with two attached hydrogens (primary N) is 1. The van der Waals surface area contributed by atoms with E-state index in [1.54, 1.807) is 7.11 Å². The van der Waals surface area contributed by atoms with Gasteiger partial charge in [-0.15, -0.1) is 0 Å². The lowest BCUT2D eigenvalue weighted by molar-refractivity contribution is -0.00466. The van der Waals surface area contributed by atoms with E-state index in [9.17, 15) is 0 Å². The maximum absolute atomic E-state index is 5.99. The van der Waals surface area contributed by atoms with Gasteiger partial charge < -0.3 is 15.4 Å². The van der Waals surface area contributed by atoms with Gasteiger partial charge in [-0.05, 0) is 38.3 Å². The van der Waals surface area contributed by atoms with Crippen LogP contribution >= 0.6 is 0 Å². The third-order valence-corrected chi connectivity index (χ3v) is 4.11. The molecular formula is C15H25N3O. The fourth-order valence-electron chi connectivity index (χ4n) is 2.61. The van der Waals surface area contributed by atoms with Crippen LogP contribution in [0.5, 0.6) is 0 Å². The van der Waals surface area contributed by atoms with E-state index in [4.69, 9.17) is 10.5 Å². The number of piperidine rings is 1. The summed E-state index contributed by atoms with van der Waals surface area (Å²) in [5.74, 6) is 0. The highest BCUT2D eigenvalue weighted by Crippen LogP contribution is 2.28. The number of nitrogens with zero attached hydrogens (tertiary/aromatic N) is 2. The zero-order valence-electron chi connectivity index (χ0n) is 12.2. The normalized spacial score (nSPS) is 25.4. The van der Waals surface area contributed by atoms with Gasteiger partial charge in [-0.2, -0.15) is 0 Å². The minimum atomic E-state index is -0.0449. The van der Waals surface area contributed by atoms with E-state index in [2.05, 4.69) is 29.8 Å². The largest absolute Gasteiger partial charge is 0.377 e. The highest BCUT2D eigenvalue weighted by molar-refractivity contribution is 5.45. The Balaban J connectivity index is 2.09. The SMILES string of the molecule is CCC(N)c1ccc(N2CCCC(C)(OC)C2)cn1. The molecule has 2 N–H and O–H groups in total. The van der Waals surface area contributed by atoms with Gasteiger partial charge in [0.2, 0.25) is 0 Å². The number of hydrogen-bond donors (Lipinski definition) is 1. The number of anilines is 1. The molecule has 0 bridgehead atoms. The highest BCUT2D eigenvalue weighted by atomic mass is 16.5. The molecule has 106 valence electrons. The van der Waals surface area contributed by atoms with Crippen LogP contribution in [0.1, 0.15) is 44.8 Å². The molecule has 2 unspecified atom stereocenters. The summed E-state index contributed by atoms with van der Waals surface area (Å²) in [6.45, 7) is 6.24. The summed E-state index contributed by atoms with van der Waals surface area (Å²) in [7, 11) is 1.80. The molecule has 0 amide bonds. The minimum Gasteiger partial charge on any atom is -0.377 e. The van der Waals surface area contributed by atoms with Gasteiger partial charge in [0.1, 0.15) is 0 Å². The van der Waals surface area contributed by atoms with Crippen molar-refractivity contribution >= 4 is 5.69 Å². The van der Waals surface area contributed by atoms with Crippen molar-refractivity contribution in [2.75, 3.05) is 25.1 Å². The molecule has 0 saturated carbocycles. The number of aromatic nitrogens is 1. The fraction of sp³-hybridized carbons (Fsp3) is 0.667. The van der Waals surface area contributed by atoms with Gasteiger partial charge >= 0.3 is 0 Å². The molecule has 4 heteroatoms. The summed E-state index contributed by atoms with van der Waals surface area (Å²) in [4.78, 5) is 6.84. The van der Waals surface area contributed by atoms with Crippen molar-refractivity contribution in [3.8, 4) is 0 Å². The second-order valence-corrected chi connectivity index (χ2v) is 5.64. The second-order valence-electron chi connectivity index (χ2n) is 5.64. The summed E-state index contributed by atoms with van der Waals surface area (Å²) in [6.07, 6.45) is 5.12. The highest BCUT2D eigenvalue weighted by Gasteiger charge is 2.30. The van der Waals surface area contributed by atoms with E-state index >= 15 is 0 Å². The van der Waals surface area contributed by atoms with Crippen LogP contribution in [0.25, 0.3) is 0 Å². The quantitative estimate of drug-likeness (QED) is 0.907. The zero-order chi connectivity index (χ0) is 13.9. The summed E-state index contributed by atoms with van der Waals surface area (Å²) >= 11 is 0. The summed E-state index contributed by atoms with van der Waals surface area (Å²) in [5, 5.41) is 0. The van der Waals surface area contributed by atoms with Gasteiger partial charge in [0.25, 0.3) is 0 Å². The van der Waals surface area contributed by atoms with Gasteiger partial charge in [0.05, 0.1) is 23.2 Å². The second kappa shape index (κ2) is 5.88. The molecule has 2 rings (SSSR count). The number of ether oxygens (including phenoxy) is 1. The maximum Gasteiger partial charge on any atom is 0.0825 e. The van der Waals surface area contributed by atoms with Crippen LogP contribution in [0.2, 0.25) is 0 Å². The van der Waals surface area contributed by atoms with Crippen molar-refractivity contribution < 1.29 is 4.74 Å². The smallest absolute Gasteiger partial charge is 0.0825 e. The average Bonchev–Trinajstić information content (AvgIpc) is 2.46. The van der Waals surface area contributed by atoms with E-state index in [0.29, 0.717) is 0 Å². The van der Waals surface area contributed by atoms with Crippen LogP contribution in [-0.2, 0) is 4.74 Å². The summed E-state index contributed by atoms with van der Waals surface area (Å²) in [6, 6.07) is 4.21. The predicted octanol–water partition coefficient (Wildman–Crippen LogP) is 2.50. The topological polar surface area (TPSA) is 51.4 Å². The molecule has 1 saturated heterocycles. The predicted molar refractivity (Wildman–Crippen MR) is 78.3 cm³/mol. The van der Waals surface area contributed by atoms with E-state index in [-0.39, 0.29) is 11.6 Å². The van der Waals surface area contributed by atoms with Gasteiger partial charge in [-0.3, -0.25) is 4.98 Å². The standard InChI is InChI=1S/C15H25N3O/c1-4-13(16)14-7-6-12(10-17-14)18-9-5-8-15(2,11-18)19-3/h6-7,10,13H,4-5,8-9,11,16H2,1-3H3. The van der Waals surface area contributed by atoms with Gasteiger partial charge in [-0.25, -0.2) is 0 Å². The zero-order valence-corrected chi connectivity index (χ0v) is 12.2. The Morgan fingerprint density at radius 1 is 1.53 bits per heavy atom. The Morgan fingerprint density at radius 2 is 2.32 bits per heavy atom. The summed E-state index contributed by atoms with van der Waals surface area (Å²) < 4.78 is 5.63. The first-order valence-corrected chi connectivity index (χ1v) is 7.09. The van der Waals surface area contributed by atoms with Crippen LogP contribution in [0.4, 0.5) is 5.69 Å². The molecule has 0 aromatic carbocycles. The first-order chi connectivity index (χ1) is 9.08. The Bertz CT molecular complexity index is 406. The third-order valence-electron chi connectivity index (χ3n) is 4.11. The van der Waals surface area contributed by atoms with Gasteiger partial charge in [-0.1, -0.05) is 6.92 Å². The molecule has 1 fully saturated rings. The first-order valence-electron chi connectivity index (χ1n) is 7.09. The molecular weight excluding hydrogens is 238 g/mol. The van der Waals surface area contributed by atoms with E-state index in [1.165, 1.54) is 0 Å². The molecule has 1 aliphatic rings. The third kappa shape index (κ3) is 3.25. The summed E-state index contributed by atoms with van der Waals surface area (Å²) in [5.41, 5.74) is 8.08. The Kier molecular flexibility index (Phi) is 4.42. The van der Waals surface area contributed by atoms with Gasteiger partial charge in [0, 0.05) is 26.2 Å². The lowest BCUT2D eigenvalue weighted by atomic mass is 9.94. The van der Waals surface area contributed by atoms with Crippen molar-refractivity contribution in [2.45, 2.75) is 44.8 Å². The molecule has 0 radical (unpaired) electrons. The van der Waals surface area contributed by atoms with E-state index < -0.39 is 0 Å². The Labute approximate surface area is 116 Å². The minimum absolute atomic E-state index is 0.0413. The maximum atomic E-state index is 5.99. The Morgan fingerprint density at radius 3 is 2.89 bits per heavy atom. The average molecular weight is 263 g/mol. The van der Waals surface area contributed by atoms with Crippen LogP contribution in [-0.4, -0.2) is 30.8 Å². The van der Waals surface area contributed by atoms with Crippen LogP contribution in [0, 0.1) is 0 Å². The monoisotopic (exact) mass is 263 g/mol. The van der Waals surface area contributed by atoms with Crippen molar-refractivity contribution in [3.63, 3.8) is 0 Å². The molecule has 0 aliphatic carbocycles. The number of pyridine rings is 1. The first kappa shape index (κ1) is 14.3. The van der Waals surface area contributed by atoms with E-state index in [0.717, 1.165) is 43.7 Å². The number of methoxy groups -OCH3 is 1. The van der Waals surface area contributed by atoms with Crippen molar-refractivity contribution in [2.24, 2.45) is 5.73 Å². The van der Waals surface area contributed by atoms with Crippen molar-refractivity contribution in [1.82, 2.24) is 4.98 Å². The fourth-order valence-corrected chi connectivity index (χ4v) is 2.61. The molecule has 2 atom stereocenters. The molecule has 1 aliphatic heterocycles. The van der Waals surface area contributed by atoms with Crippen LogP contribution in [0.3, 0.4) is 0 Å². The molecule has 2 heterocycles. The van der Waals surface area contributed by atoms with Crippen molar-refractivity contribution in [1.29, 1.82) is 0 Å². The van der Waals surface area contributed by atoms with Crippen molar-refractivity contribution in [3.05, 3.63) is 24.0 Å². The molecule has 4 nitrogen and oxygen atoms in total. The number of hydrogen-bond acceptors (Lipinski definition) is 4. The lowest BCUT2D eigenvalue weighted by Crippen LogP contribution is -2.47.